The SMILES string of the molecule is COc1cc(C)ccc1NS(=O)(=O)c1ccc(Cl)cc1. The molecule has 0 spiro atoms. The molecule has 6 heteroatoms. The fourth-order valence-corrected chi connectivity index (χ4v) is 2.90. The lowest BCUT2D eigenvalue weighted by Crippen LogP contribution is -2.13. The van der Waals surface area contributed by atoms with Crippen molar-refractivity contribution in [2.45, 2.75) is 11.8 Å². The first-order valence-electron chi connectivity index (χ1n) is 5.85. The van der Waals surface area contributed by atoms with E-state index in [0.29, 0.717) is 16.5 Å². The van der Waals surface area contributed by atoms with Crippen LogP contribution in [0.5, 0.6) is 5.75 Å². The van der Waals surface area contributed by atoms with Crippen molar-refractivity contribution in [1.29, 1.82) is 0 Å². The summed E-state index contributed by atoms with van der Waals surface area (Å²) in [7, 11) is -2.17. The summed E-state index contributed by atoms with van der Waals surface area (Å²) in [5.41, 5.74) is 1.38. The van der Waals surface area contributed by atoms with Crippen LogP contribution in [0.4, 0.5) is 5.69 Å². The highest BCUT2D eigenvalue weighted by atomic mass is 35.5. The number of hydrogen-bond donors (Lipinski definition) is 1. The molecule has 2 aromatic carbocycles. The van der Waals surface area contributed by atoms with E-state index in [1.807, 2.05) is 13.0 Å². The van der Waals surface area contributed by atoms with Crippen molar-refractivity contribution in [1.82, 2.24) is 0 Å². The van der Waals surface area contributed by atoms with Gasteiger partial charge in [0, 0.05) is 5.02 Å². The number of nitrogens with one attached hydrogen (secondary N) is 1. The molecule has 0 aromatic heterocycles. The third kappa shape index (κ3) is 3.23. The molecule has 0 bridgehead atoms. The number of anilines is 1. The van der Waals surface area contributed by atoms with E-state index in [1.54, 1.807) is 12.1 Å². The normalized spacial score (nSPS) is 11.2. The first-order chi connectivity index (χ1) is 9.42. The lowest BCUT2D eigenvalue weighted by Gasteiger charge is -2.12. The molecule has 0 amide bonds. The topological polar surface area (TPSA) is 55.4 Å². The van der Waals surface area contributed by atoms with E-state index in [1.165, 1.54) is 31.4 Å². The number of rotatable bonds is 4. The number of methoxy groups -OCH3 is 1. The van der Waals surface area contributed by atoms with Crippen molar-refractivity contribution in [3.63, 3.8) is 0 Å². The average molecular weight is 312 g/mol. The number of aryl methyl sites for hydroxylation is 1. The molecular weight excluding hydrogens is 298 g/mol. The Hall–Kier alpha value is -1.72. The van der Waals surface area contributed by atoms with Gasteiger partial charge in [-0.05, 0) is 48.9 Å². The molecule has 0 aliphatic heterocycles. The molecule has 0 heterocycles. The minimum absolute atomic E-state index is 0.143. The maximum atomic E-state index is 12.3. The van der Waals surface area contributed by atoms with Crippen molar-refractivity contribution in [2.24, 2.45) is 0 Å². The second-order valence-corrected chi connectivity index (χ2v) is 6.38. The first-order valence-corrected chi connectivity index (χ1v) is 7.71. The highest BCUT2D eigenvalue weighted by molar-refractivity contribution is 7.92. The second-order valence-electron chi connectivity index (χ2n) is 4.26. The van der Waals surface area contributed by atoms with Gasteiger partial charge in [0.25, 0.3) is 10.0 Å². The van der Waals surface area contributed by atoms with Crippen molar-refractivity contribution >= 4 is 27.3 Å². The Morgan fingerprint density at radius 3 is 2.35 bits per heavy atom. The molecule has 1 N–H and O–H groups in total. The van der Waals surface area contributed by atoms with Crippen LogP contribution in [0.15, 0.2) is 47.4 Å². The van der Waals surface area contributed by atoms with Crippen LogP contribution in [0, 0.1) is 6.92 Å². The van der Waals surface area contributed by atoms with E-state index in [4.69, 9.17) is 16.3 Å². The monoisotopic (exact) mass is 311 g/mol. The van der Waals surface area contributed by atoms with Crippen molar-refractivity contribution in [3.8, 4) is 5.75 Å². The summed E-state index contributed by atoms with van der Waals surface area (Å²) in [6.45, 7) is 1.90. The number of halogens is 1. The molecule has 0 fully saturated rings. The highest BCUT2D eigenvalue weighted by Crippen LogP contribution is 2.28. The summed E-state index contributed by atoms with van der Waals surface area (Å²) in [5, 5.41) is 0.483. The average Bonchev–Trinajstić information content (AvgIpc) is 2.41. The summed E-state index contributed by atoms with van der Waals surface area (Å²) in [4.78, 5) is 0.143. The van der Waals surface area contributed by atoms with Gasteiger partial charge in [-0.1, -0.05) is 17.7 Å². The molecule has 0 saturated carbocycles. The van der Waals surface area contributed by atoms with Gasteiger partial charge < -0.3 is 4.74 Å². The quantitative estimate of drug-likeness (QED) is 0.940. The van der Waals surface area contributed by atoms with Crippen molar-refractivity contribution in [3.05, 3.63) is 53.1 Å². The summed E-state index contributed by atoms with van der Waals surface area (Å²) in [6, 6.07) is 11.2. The smallest absolute Gasteiger partial charge is 0.262 e. The Kier molecular flexibility index (Phi) is 4.20. The molecule has 2 rings (SSSR count). The van der Waals surface area contributed by atoms with Gasteiger partial charge in [0.15, 0.2) is 0 Å². The van der Waals surface area contributed by atoms with Gasteiger partial charge in [-0.2, -0.15) is 0 Å². The molecule has 0 saturated heterocycles. The molecule has 4 nitrogen and oxygen atoms in total. The van der Waals surface area contributed by atoms with Crippen LogP contribution in [0.3, 0.4) is 0 Å². The van der Waals surface area contributed by atoms with E-state index >= 15 is 0 Å². The fourth-order valence-electron chi connectivity index (χ4n) is 1.70. The summed E-state index contributed by atoms with van der Waals surface area (Å²) < 4.78 is 32.2. The van der Waals surface area contributed by atoms with Crippen LogP contribution in [-0.4, -0.2) is 15.5 Å². The van der Waals surface area contributed by atoms with Gasteiger partial charge in [0.1, 0.15) is 5.75 Å². The van der Waals surface area contributed by atoms with Crippen LogP contribution < -0.4 is 9.46 Å². The minimum atomic E-state index is -3.66. The van der Waals surface area contributed by atoms with E-state index in [0.717, 1.165) is 5.56 Å². The molecule has 0 aliphatic carbocycles. The van der Waals surface area contributed by atoms with Crippen molar-refractivity contribution < 1.29 is 13.2 Å². The van der Waals surface area contributed by atoms with E-state index < -0.39 is 10.0 Å². The number of hydrogen-bond acceptors (Lipinski definition) is 3. The zero-order chi connectivity index (χ0) is 14.8. The Morgan fingerprint density at radius 1 is 1.10 bits per heavy atom. The van der Waals surface area contributed by atoms with E-state index in [9.17, 15) is 8.42 Å². The Morgan fingerprint density at radius 2 is 1.75 bits per heavy atom. The molecule has 0 unspecified atom stereocenters. The van der Waals surface area contributed by atoms with Crippen molar-refractivity contribution in [2.75, 3.05) is 11.8 Å². The van der Waals surface area contributed by atoms with Crippen LogP contribution in [0.25, 0.3) is 0 Å². The van der Waals surface area contributed by atoms with Gasteiger partial charge in [-0.3, -0.25) is 4.72 Å². The molecular formula is C14H14ClNO3S. The summed E-state index contributed by atoms with van der Waals surface area (Å²) in [5.74, 6) is 0.475. The van der Waals surface area contributed by atoms with Crippen LogP contribution in [0.2, 0.25) is 5.02 Å². The highest BCUT2D eigenvalue weighted by Gasteiger charge is 2.16. The zero-order valence-corrected chi connectivity index (χ0v) is 12.6. The van der Waals surface area contributed by atoms with Gasteiger partial charge in [-0.15, -0.1) is 0 Å². The fraction of sp³-hybridized carbons (Fsp3) is 0.143. The predicted octanol–water partition coefficient (Wildman–Crippen LogP) is 3.46. The molecule has 20 heavy (non-hydrogen) atoms. The molecule has 0 atom stereocenters. The number of ether oxygens (including phenoxy) is 1. The zero-order valence-electron chi connectivity index (χ0n) is 11.1. The maximum Gasteiger partial charge on any atom is 0.262 e. The first kappa shape index (κ1) is 14.7. The van der Waals surface area contributed by atoms with Crippen LogP contribution >= 0.6 is 11.6 Å². The Labute approximate surface area is 123 Å². The summed E-state index contributed by atoms with van der Waals surface area (Å²) in [6.07, 6.45) is 0. The molecule has 0 aliphatic rings. The van der Waals surface area contributed by atoms with E-state index in [-0.39, 0.29) is 4.90 Å². The van der Waals surface area contributed by atoms with Crippen LogP contribution in [0.1, 0.15) is 5.56 Å². The minimum Gasteiger partial charge on any atom is -0.495 e. The molecule has 0 radical (unpaired) electrons. The third-order valence-corrected chi connectivity index (χ3v) is 4.36. The summed E-state index contributed by atoms with van der Waals surface area (Å²) >= 11 is 5.75. The van der Waals surface area contributed by atoms with Gasteiger partial charge >= 0.3 is 0 Å². The molecule has 2 aromatic rings. The standard InChI is InChI=1S/C14H14ClNO3S/c1-10-3-8-13(14(9-10)19-2)16-20(17,18)12-6-4-11(15)5-7-12/h3-9,16H,1-2H3. The Balaban J connectivity index is 2.35. The molecule has 106 valence electrons. The van der Waals surface area contributed by atoms with Gasteiger partial charge in [0.05, 0.1) is 17.7 Å². The third-order valence-electron chi connectivity index (χ3n) is 2.73. The lowest BCUT2D eigenvalue weighted by molar-refractivity contribution is 0.416. The second kappa shape index (κ2) is 5.73. The van der Waals surface area contributed by atoms with Gasteiger partial charge in [-0.25, -0.2) is 8.42 Å². The lowest BCUT2D eigenvalue weighted by atomic mass is 10.2. The maximum absolute atomic E-state index is 12.3. The number of sulfonamides is 1. The number of benzene rings is 2. The Bertz CT molecular complexity index is 712. The predicted molar refractivity (Wildman–Crippen MR) is 80.0 cm³/mol. The van der Waals surface area contributed by atoms with Crippen LogP contribution in [-0.2, 0) is 10.0 Å². The van der Waals surface area contributed by atoms with Gasteiger partial charge in [0.2, 0.25) is 0 Å². The van der Waals surface area contributed by atoms with E-state index in [2.05, 4.69) is 4.72 Å². The largest absolute Gasteiger partial charge is 0.495 e.